The van der Waals surface area contributed by atoms with Crippen molar-refractivity contribution in [2.75, 3.05) is 34.2 Å². The topological polar surface area (TPSA) is 32.8 Å². The van der Waals surface area contributed by atoms with E-state index in [-0.39, 0.29) is 36.9 Å². The van der Waals surface area contributed by atoms with Gasteiger partial charge in [0.2, 0.25) is 0 Å². The second kappa shape index (κ2) is 9.22. The molecule has 4 atom stereocenters. The number of hydrogen-bond donors (Lipinski definition) is 0. The first-order valence-corrected chi connectivity index (χ1v) is 8.58. The van der Waals surface area contributed by atoms with Gasteiger partial charge in [0.15, 0.2) is 0 Å². The third-order valence-corrected chi connectivity index (χ3v) is 5.48. The van der Waals surface area contributed by atoms with Gasteiger partial charge in [0.25, 0.3) is 0 Å². The zero-order valence-electron chi connectivity index (χ0n) is 15.5. The fourth-order valence-electron chi connectivity index (χ4n) is 4.29. The van der Waals surface area contributed by atoms with Crippen LogP contribution < -0.4 is 0 Å². The lowest BCUT2D eigenvalue weighted by atomic mass is 9.72. The van der Waals surface area contributed by atoms with E-state index in [1.807, 2.05) is 31.2 Å². The number of nitrogens with zero attached hydrogens (tertiary/aromatic N) is 2. The van der Waals surface area contributed by atoms with E-state index in [0.29, 0.717) is 23.4 Å². The number of hydrogen-bond acceptors (Lipinski definition) is 4. The highest BCUT2D eigenvalue weighted by molar-refractivity contribution is 5.89. The first-order chi connectivity index (χ1) is 11.0. The normalized spacial score (nSPS) is 28.7. The summed E-state index contributed by atoms with van der Waals surface area (Å²) in [5, 5.41) is 0. The molecule has 1 aromatic carbocycles. The second-order valence-corrected chi connectivity index (χ2v) is 7.49. The highest BCUT2D eigenvalue weighted by Gasteiger charge is 2.46. The van der Waals surface area contributed by atoms with Gasteiger partial charge in [0, 0.05) is 31.0 Å². The summed E-state index contributed by atoms with van der Waals surface area (Å²) in [6.07, 6.45) is 2.38. The number of esters is 1. The molecule has 2 aliphatic rings. The van der Waals surface area contributed by atoms with Gasteiger partial charge in [-0.3, -0.25) is 0 Å². The van der Waals surface area contributed by atoms with Gasteiger partial charge in [0.05, 0.1) is 5.56 Å². The Bertz CT molecular complexity index is 565. The summed E-state index contributed by atoms with van der Waals surface area (Å²) in [6.45, 7) is 4.06. The first kappa shape index (κ1) is 22.2. The molecule has 6 heteroatoms. The predicted molar refractivity (Wildman–Crippen MR) is 106 cm³/mol. The molecule has 1 saturated carbocycles. The lowest BCUT2D eigenvalue weighted by Crippen LogP contribution is -2.59. The molecular weight excluding hydrogens is 359 g/mol. The zero-order valence-corrected chi connectivity index (χ0v) is 17.1. The molecule has 1 saturated heterocycles. The van der Waals surface area contributed by atoms with E-state index in [1.54, 1.807) is 0 Å². The number of ether oxygens (including phenoxy) is 1. The maximum absolute atomic E-state index is 12.6. The molecule has 2 bridgehead atoms. The minimum absolute atomic E-state index is 0. The number of fused-ring (bicyclic) bond motifs is 2. The Balaban J connectivity index is 0.00000156. The monoisotopic (exact) mass is 388 g/mol. The molecule has 2 unspecified atom stereocenters. The number of benzene rings is 1. The van der Waals surface area contributed by atoms with E-state index in [1.165, 1.54) is 6.42 Å². The van der Waals surface area contributed by atoms with Gasteiger partial charge in [-0.05, 0) is 53.0 Å². The molecule has 1 aliphatic carbocycles. The Labute approximate surface area is 163 Å². The minimum Gasteiger partial charge on any atom is -0.458 e. The number of halogens is 2. The average Bonchev–Trinajstić information content (AvgIpc) is 2.48. The summed E-state index contributed by atoms with van der Waals surface area (Å²) in [5.41, 5.74) is 1.82. The highest BCUT2D eigenvalue weighted by atomic mass is 35.5. The van der Waals surface area contributed by atoms with Crippen LogP contribution in [-0.4, -0.2) is 62.1 Å². The van der Waals surface area contributed by atoms with E-state index >= 15 is 0 Å². The van der Waals surface area contributed by atoms with E-state index in [4.69, 9.17) is 4.74 Å². The summed E-state index contributed by atoms with van der Waals surface area (Å²) in [5.74, 6) is 0.690. The van der Waals surface area contributed by atoms with E-state index < -0.39 is 0 Å². The highest BCUT2D eigenvalue weighted by Crippen LogP contribution is 2.38. The maximum atomic E-state index is 12.6. The average molecular weight is 389 g/mol. The van der Waals surface area contributed by atoms with Crippen molar-refractivity contribution in [2.45, 2.75) is 31.9 Å². The van der Waals surface area contributed by atoms with Crippen LogP contribution in [0.15, 0.2) is 24.3 Å². The molecule has 0 N–H and O–H groups in total. The lowest BCUT2D eigenvalue weighted by Gasteiger charge is -2.50. The van der Waals surface area contributed by atoms with Crippen molar-refractivity contribution in [3.8, 4) is 0 Å². The Morgan fingerprint density at radius 1 is 1.12 bits per heavy atom. The maximum Gasteiger partial charge on any atom is 0.338 e. The zero-order chi connectivity index (χ0) is 16.6. The number of carbonyl (C=O) groups is 1. The SMILES string of the molecule is Cc1ccc(C(=O)O[C@@H]2C3CC[C@@H](N(C)C)C2CN(C)C3)cc1.Cl.Cl. The van der Waals surface area contributed by atoms with Crippen molar-refractivity contribution in [3.05, 3.63) is 35.4 Å². The van der Waals surface area contributed by atoms with Crippen LogP contribution in [0.25, 0.3) is 0 Å². The largest absolute Gasteiger partial charge is 0.458 e. The van der Waals surface area contributed by atoms with Gasteiger partial charge in [-0.25, -0.2) is 4.79 Å². The van der Waals surface area contributed by atoms with Crippen LogP contribution in [0, 0.1) is 18.8 Å². The second-order valence-electron chi connectivity index (χ2n) is 7.49. The summed E-state index contributed by atoms with van der Waals surface area (Å²) >= 11 is 0. The number of aryl methyl sites for hydroxylation is 1. The fraction of sp³-hybridized carbons (Fsp3) is 0.632. The molecule has 0 radical (unpaired) electrons. The van der Waals surface area contributed by atoms with Crippen LogP contribution in [0.1, 0.15) is 28.8 Å². The van der Waals surface area contributed by atoms with Crippen molar-refractivity contribution in [1.29, 1.82) is 0 Å². The number of rotatable bonds is 3. The fourth-order valence-corrected chi connectivity index (χ4v) is 4.29. The molecule has 0 aromatic heterocycles. The van der Waals surface area contributed by atoms with Crippen molar-refractivity contribution in [2.24, 2.45) is 11.8 Å². The summed E-state index contributed by atoms with van der Waals surface area (Å²) in [7, 11) is 6.45. The molecule has 0 spiro atoms. The standard InChI is InChI=1S/C19H28N2O2.2ClH/c1-13-5-7-14(8-6-13)19(22)23-18-15-9-10-17(20(2)3)16(18)12-21(4)11-15;;/h5-8,15-18H,9-12H2,1-4H3;2*1H/t15?,16?,17-,18-;;/m1../s1. The molecule has 142 valence electrons. The molecule has 3 rings (SSSR count). The van der Waals surface area contributed by atoms with Crippen LogP contribution in [0.3, 0.4) is 0 Å². The first-order valence-electron chi connectivity index (χ1n) is 8.58. The molecular formula is C19H30Cl2N2O2. The molecule has 2 fully saturated rings. The van der Waals surface area contributed by atoms with Crippen LogP contribution in [0.5, 0.6) is 0 Å². The van der Waals surface area contributed by atoms with Crippen molar-refractivity contribution >= 4 is 30.8 Å². The summed E-state index contributed by atoms with van der Waals surface area (Å²) < 4.78 is 6.02. The Kier molecular flexibility index (Phi) is 8.20. The van der Waals surface area contributed by atoms with Gasteiger partial charge < -0.3 is 14.5 Å². The Morgan fingerprint density at radius 2 is 1.76 bits per heavy atom. The quantitative estimate of drug-likeness (QED) is 0.743. The van der Waals surface area contributed by atoms with Gasteiger partial charge >= 0.3 is 5.97 Å². The van der Waals surface area contributed by atoms with Crippen molar-refractivity contribution in [1.82, 2.24) is 9.80 Å². The molecule has 0 amide bonds. The number of carbonyl (C=O) groups excluding carboxylic acids is 1. The number of piperidine rings is 1. The van der Waals surface area contributed by atoms with Crippen LogP contribution in [-0.2, 0) is 4.74 Å². The van der Waals surface area contributed by atoms with Gasteiger partial charge in [-0.1, -0.05) is 17.7 Å². The smallest absolute Gasteiger partial charge is 0.338 e. The van der Waals surface area contributed by atoms with E-state index in [0.717, 1.165) is 25.1 Å². The lowest BCUT2D eigenvalue weighted by molar-refractivity contribution is -0.0873. The predicted octanol–water partition coefficient (Wildman–Crippen LogP) is 3.27. The van der Waals surface area contributed by atoms with E-state index in [2.05, 4.69) is 30.9 Å². The number of likely N-dealkylation sites (tertiary alicyclic amines) is 1. The van der Waals surface area contributed by atoms with Gasteiger partial charge in [-0.15, -0.1) is 24.8 Å². The summed E-state index contributed by atoms with van der Waals surface area (Å²) in [6, 6.07) is 8.16. The van der Waals surface area contributed by atoms with Crippen LogP contribution >= 0.6 is 24.8 Å². The molecule has 1 aliphatic heterocycles. The van der Waals surface area contributed by atoms with Gasteiger partial charge in [0.1, 0.15) is 6.10 Å². The Hall–Kier alpha value is -0.810. The third kappa shape index (κ3) is 4.88. The molecule has 1 aromatic rings. The molecule has 1 heterocycles. The van der Waals surface area contributed by atoms with Crippen molar-refractivity contribution in [3.63, 3.8) is 0 Å². The molecule has 4 nitrogen and oxygen atoms in total. The van der Waals surface area contributed by atoms with Crippen LogP contribution in [0.2, 0.25) is 0 Å². The van der Waals surface area contributed by atoms with Crippen molar-refractivity contribution < 1.29 is 9.53 Å². The minimum atomic E-state index is -0.172. The van der Waals surface area contributed by atoms with Crippen LogP contribution in [0.4, 0.5) is 0 Å². The third-order valence-electron chi connectivity index (χ3n) is 5.48. The Morgan fingerprint density at radius 3 is 2.36 bits per heavy atom. The van der Waals surface area contributed by atoms with E-state index in [9.17, 15) is 4.79 Å². The summed E-state index contributed by atoms with van der Waals surface area (Å²) in [4.78, 5) is 17.3. The molecule has 25 heavy (non-hydrogen) atoms. The van der Waals surface area contributed by atoms with Gasteiger partial charge in [-0.2, -0.15) is 0 Å².